The molecule has 2 heterocycles. The largest absolute Gasteiger partial charge is 0.480 e. The van der Waals surface area contributed by atoms with E-state index in [0.29, 0.717) is 18.8 Å². The molecule has 0 unspecified atom stereocenters. The Hall–Kier alpha value is -2.39. The number of furan rings is 1. The van der Waals surface area contributed by atoms with Gasteiger partial charge >= 0.3 is 12.0 Å². The molecule has 0 saturated heterocycles. The van der Waals surface area contributed by atoms with Gasteiger partial charge in [0.1, 0.15) is 0 Å². The van der Waals surface area contributed by atoms with Crippen molar-refractivity contribution in [3.05, 3.63) is 29.5 Å². The van der Waals surface area contributed by atoms with E-state index in [1.807, 2.05) is 29.3 Å². The summed E-state index contributed by atoms with van der Waals surface area (Å²) < 4.78 is 5.30. The summed E-state index contributed by atoms with van der Waals surface area (Å²) in [6.07, 6.45) is 3.14. The quantitative estimate of drug-likeness (QED) is 0.650. The van der Waals surface area contributed by atoms with E-state index in [4.69, 9.17) is 9.52 Å². The Kier molecular flexibility index (Phi) is 5.89. The summed E-state index contributed by atoms with van der Waals surface area (Å²) in [6.45, 7) is 3.03. The maximum absolute atomic E-state index is 12.0. The van der Waals surface area contributed by atoms with Crippen molar-refractivity contribution in [1.29, 1.82) is 0 Å². The monoisotopic (exact) mass is 378 g/mol. The molecular formula is C17H22N4O4S. The highest BCUT2D eigenvalue weighted by Gasteiger charge is 2.34. The van der Waals surface area contributed by atoms with E-state index in [-0.39, 0.29) is 24.7 Å². The molecule has 0 spiro atoms. The second-order valence-corrected chi connectivity index (χ2v) is 7.09. The molecule has 1 fully saturated rings. The summed E-state index contributed by atoms with van der Waals surface area (Å²) in [5.41, 5.74) is 0.779. The van der Waals surface area contributed by atoms with Crippen LogP contribution in [-0.2, 0) is 11.3 Å². The van der Waals surface area contributed by atoms with E-state index in [0.717, 1.165) is 23.5 Å². The number of hydrogen-bond acceptors (Lipinski definition) is 6. The number of amides is 2. The third kappa shape index (κ3) is 4.61. The molecule has 2 amide bonds. The first kappa shape index (κ1) is 18.4. The maximum atomic E-state index is 12.0. The third-order valence-corrected chi connectivity index (χ3v) is 5.33. The lowest BCUT2D eigenvalue weighted by atomic mass is 9.85. The van der Waals surface area contributed by atoms with Gasteiger partial charge in [0, 0.05) is 17.5 Å². The Bertz CT molecular complexity index is 740. The van der Waals surface area contributed by atoms with Crippen LogP contribution < -0.4 is 10.6 Å². The van der Waals surface area contributed by atoms with Gasteiger partial charge in [-0.05, 0) is 31.5 Å². The number of urea groups is 1. The predicted octanol–water partition coefficient (Wildman–Crippen LogP) is 2.14. The Labute approximate surface area is 155 Å². The number of hydrogen-bond donors (Lipinski definition) is 3. The highest BCUT2D eigenvalue weighted by molar-refractivity contribution is 7.13. The summed E-state index contributed by atoms with van der Waals surface area (Å²) in [4.78, 5) is 29.2. The average molecular weight is 378 g/mol. The van der Waals surface area contributed by atoms with Crippen molar-refractivity contribution >= 4 is 23.3 Å². The van der Waals surface area contributed by atoms with Crippen LogP contribution in [0.5, 0.6) is 0 Å². The van der Waals surface area contributed by atoms with Gasteiger partial charge in [-0.1, -0.05) is 6.92 Å². The Morgan fingerprint density at radius 3 is 2.92 bits per heavy atom. The lowest BCUT2D eigenvalue weighted by Crippen LogP contribution is -2.56. The fraction of sp³-hybridized carbons (Fsp3) is 0.471. The van der Waals surface area contributed by atoms with Crippen LogP contribution in [0.2, 0.25) is 0 Å². The van der Waals surface area contributed by atoms with E-state index < -0.39 is 5.97 Å². The number of rotatable bonds is 8. The number of likely N-dealkylation sites (N-methyl/N-ethyl adjacent to an activating group) is 1. The fourth-order valence-electron chi connectivity index (χ4n) is 2.99. The minimum absolute atomic E-state index is 0.0436. The van der Waals surface area contributed by atoms with Crippen LogP contribution in [0.4, 0.5) is 4.79 Å². The second kappa shape index (κ2) is 8.33. The molecule has 140 valence electrons. The zero-order valence-corrected chi connectivity index (χ0v) is 15.3. The van der Waals surface area contributed by atoms with Gasteiger partial charge in [-0.15, -0.1) is 11.3 Å². The van der Waals surface area contributed by atoms with Gasteiger partial charge in [0.05, 0.1) is 25.0 Å². The maximum Gasteiger partial charge on any atom is 0.317 e. The first-order valence-electron chi connectivity index (χ1n) is 8.53. The van der Waals surface area contributed by atoms with Crippen LogP contribution in [0.15, 0.2) is 28.2 Å². The standard InChI is InChI=1S/C17H22N4O4S/c1-2-21(9-15(22)23)13-6-11(7-13)20-17(24)18-8-12-10-26-16(19-12)14-4-3-5-25-14/h3-5,10-11,13H,2,6-9H2,1H3,(H,22,23)(H2,18,20,24). The smallest absolute Gasteiger partial charge is 0.317 e. The number of aromatic nitrogens is 1. The molecule has 0 radical (unpaired) electrons. The molecule has 2 aromatic heterocycles. The first-order chi connectivity index (χ1) is 12.5. The number of carbonyl (C=O) groups excluding carboxylic acids is 1. The molecule has 1 aliphatic rings. The van der Waals surface area contributed by atoms with Crippen molar-refractivity contribution in [1.82, 2.24) is 20.5 Å². The van der Waals surface area contributed by atoms with Crippen LogP contribution in [0.3, 0.4) is 0 Å². The molecule has 0 bridgehead atoms. The molecule has 8 nitrogen and oxygen atoms in total. The minimum atomic E-state index is -0.821. The number of thiazole rings is 1. The normalized spacial score (nSPS) is 19.2. The van der Waals surface area contributed by atoms with Crippen LogP contribution in [-0.4, -0.2) is 52.2 Å². The van der Waals surface area contributed by atoms with Gasteiger partial charge in [-0.25, -0.2) is 9.78 Å². The second-order valence-electron chi connectivity index (χ2n) is 6.23. The molecule has 0 aromatic carbocycles. The van der Waals surface area contributed by atoms with E-state index in [1.165, 1.54) is 11.3 Å². The highest BCUT2D eigenvalue weighted by atomic mass is 32.1. The third-order valence-electron chi connectivity index (χ3n) is 4.42. The van der Waals surface area contributed by atoms with Crippen molar-refractivity contribution in [2.24, 2.45) is 0 Å². The Balaban J connectivity index is 1.38. The molecular weight excluding hydrogens is 356 g/mol. The minimum Gasteiger partial charge on any atom is -0.480 e. The van der Waals surface area contributed by atoms with E-state index in [2.05, 4.69) is 15.6 Å². The van der Waals surface area contributed by atoms with Crippen LogP contribution >= 0.6 is 11.3 Å². The molecule has 0 aliphatic heterocycles. The van der Waals surface area contributed by atoms with E-state index in [9.17, 15) is 9.59 Å². The molecule has 3 rings (SSSR count). The van der Waals surface area contributed by atoms with Crippen LogP contribution in [0.25, 0.3) is 10.8 Å². The first-order valence-corrected chi connectivity index (χ1v) is 9.41. The number of nitrogens with zero attached hydrogens (tertiary/aromatic N) is 2. The SMILES string of the molecule is CCN(CC(=O)O)C1CC(NC(=O)NCc2csc(-c3ccco3)n2)C1. The molecule has 0 atom stereocenters. The van der Waals surface area contributed by atoms with Gasteiger partial charge in [-0.2, -0.15) is 0 Å². The molecule has 1 aliphatic carbocycles. The molecule has 26 heavy (non-hydrogen) atoms. The summed E-state index contributed by atoms with van der Waals surface area (Å²) in [7, 11) is 0. The summed E-state index contributed by atoms with van der Waals surface area (Å²) >= 11 is 1.47. The zero-order valence-electron chi connectivity index (χ0n) is 14.5. The lowest BCUT2D eigenvalue weighted by molar-refractivity contribution is -0.139. The van der Waals surface area contributed by atoms with Crippen molar-refractivity contribution in [2.45, 2.75) is 38.4 Å². The Morgan fingerprint density at radius 1 is 1.46 bits per heavy atom. The summed E-state index contributed by atoms with van der Waals surface area (Å²) in [5, 5.41) is 17.3. The van der Waals surface area contributed by atoms with Crippen LogP contribution in [0.1, 0.15) is 25.5 Å². The molecule has 3 N–H and O–H groups in total. The number of nitrogens with one attached hydrogen (secondary N) is 2. The zero-order chi connectivity index (χ0) is 18.5. The van der Waals surface area contributed by atoms with Gasteiger partial charge in [-0.3, -0.25) is 9.69 Å². The average Bonchev–Trinajstić information content (AvgIpc) is 3.24. The Morgan fingerprint density at radius 2 is 2.27 bits per heavy atom. The summed E-state index contributed by atoms with van der Waals surface area (Å²) in [5.74, 6) is -0.105. The number of aliphatic carboxylic acids is 1. The highest BCUT2D eigenvalue weighted by Crippen LogP contribution is 2.26. The van der Waals surface area contributed by atoms with Crippen LogP contribution in [0, 0.1) is 0 Å². The van der Waals surface area contributed by atoms with Gasteiger partial charge < -0.3 is 20.2 Å². The molecule has 2 aromatic rings. The topological polar surface area (TPSA) is 108 Å². The number of carboxylic acids is 1. The van der Waals surface area contributed by atoms with Crippen molar-refractivity contribution in [2.75, 3.05) is 13.1 Å². The molecule has 1 saturated carbocycles. The lowest BCUT2D eigenvalue weighted by Gasteiger charge is -2.42. The van der Waals surface area contributed by atoms with Crippen molar-refractivity contribution in [3.8, 4) is 10.8 Å². The van der Waals surface area contributed by atoms with Gasteiger partial charge in [0.2, 0.25) is 0 Å². The van der Waals surface area contributed by atoms with Crippen molar-refractivity contribution < 1.29 is 19.1 Å². The number of carbonyl (C=O) groups is 2. The van der Waals surface area contributed by atoms with E-state index >= 15 is 0 Å². The summed E-state index contributed by atoms with van der Waals surface area (Å²) in [6, 6.07) is 3.72. The van der Waals surface area contributed by atoms with Gasteiger partial charge in [0.25, 0.3) is 0 Å². The van der Waals surface area contributed by atoms with E-state index in [1.54, 1.807) is 6.26 Å². The van der Waals surface area contributed by atoms with Gasteiger partial charge in [0.15, 0.2) is 10.8 Å². The molecule has 9 heteroatoms. The predicted molar refractivity (Wildman–Crippen MR) is 96.9 cm³/mol. The fourth-order valence-corrected chi connectivity index (χ4v) is 3.77. The van der Waals surface area contributed by atoms with Crippen molar-refractivity contribution in [3.63, 3.8) is 0 Å². The number of carboxylic acid groups (broad SMARTS) is 1.